The maximum atomic E-state index is 12.6. The van der Waals surface area contributed by atoms with E-state index in [9.17, 15) is 13.2 Å². The van der Waals surface area contributed by atoms with Crippen molar-refractivity contribution in [2.75, 3.05) is 32.2 Å². The van der Waals surface area contributed by atoms with Crippen molar-refractivity contribution in [3.8, 4) is 17.2 Å². The summed E-state index contributed by atoms with van der Waals surface area (Å²) in [6, 6.07) is 19.7. The predicted octanol–water partition coefficient (Wildman–Crippen LogP) is 4.14. The topological polar surface area (TPSA) is 100 Å². The van der Waals surface area contributed by atoms with E-state index in [-0.39, 0.29) is 18.1 Å². The number of sulfonamides is 1. The molecule has 0 aliphatic carbocycles. The molecular weight excluding hydrogens is 458 g/mol. The van der Waals surface area contributed by atoms with Crippen LogP contribution in [0.5, 0.6) is 17.2 Å². The number of hydrogen-bond acceptors (Lipinski definition) is 7. The van der Waals surface area contributed by atoms with Gasteiger partial charge in [0.15, 0.2) is 0 Å². The average molecular weight is 484 g/mol. The van der Waals surface area contributed by atoms with Crippen molar-refractivity contribution in [3.05, 3.63) is 84.4 Å². The zero-order valence-corrected chi connectivity index (χ0v) is 19.6. The molecule has 0 unspecified atom stereocenters. The normalized spacial score (nSPS) is 11.1. The minimum atomic E-state index is -3.75. The fourth-order valence-corrected chi connectivity index (χ4v) is 3.88. The van der Waals surface area contributed by atoms with Crippen LogP contribution in [0.4, 0.5) is 5.69 Å². The third-order valence-electron chi connectivity index (χ3n) is 4.60. The summed E-state index contributed by atoms with van der Waals surface area (Å²) in [5, 5.41) is 0. The Hall–Kier alpha value is -3.98. The highest BCUT2D eigenvalue weighted by Crippen LogP contribution is 2.20. The number of nitrogens with one attached hydrogen (secondary N) is 1. The number of esters is 1. The highest BCUT2D eigenvalue weighted by atomic mass is 32.2. The van der Waals surface area contributed by atoms with Crippen LogP contribution in [-0.2, 0) is 19.6 Å². The van der Waals surface area contributed by atoms with Gasteiger partial charge in [0.2, 0.25) is 0 Å². The van der Waals surface area contributed by atoms with Crippen LogP contribution in [0.2, 0.25) is 0 Å². The Kier molecular flexibility index (Phi) is 8.53. The second kappa shape index (κ2) is 11.8. The van der Waals surface area contributed by atoms with E-state index >= 15 is 0 Å². The molecule has 0 spiro atoms. The summed E-state index contributed by atoms with van der Waals surface area (Å²) >= 11 is 0. The molecule has 0 atom stereocenters. The molecule has 0 saturated heterocycles. The van der Waals surface area contributed by atoms with Crippen molar-refractivity contribution in [3.63, 3.8) is 0 Å². The molecule has 0 saturated carbocycles. The molecule has 8 nitrogen and oxygen atoms in total. The molecule has 9 heteroatoms. The number of hydrogen-bond donors (Lipinski definition) is 1. The van der Waals surface area contributed by atoms with Gasteiger partial charge in [0.05, 0.1) is 19.1 Å². The quantitative estimate of drug-likeness (QED) is 0.249. The van der Waals surface area contributed by atoms with Crippen molar-refractivity contribution in [1.82, 2.24) is 0 Å². The number of carbonyl (C=O) groups is 1. The first-order chi connectivity index (χ1) is 16.4. The summed E-state index contributed by atoms with van der Waals surface area (Å²) in [5.74, 6) is 1.46. The number of methoxy groups -OCH3 is 2. The van der Waals surface area contributed by atoms with E-state index in [1.165, 1.54) is 25.3 Å². The van der Waals surface area contributed by atoms with E-state index < -0.39 is 16.0 Å². The second-order valence-corrected chi connectivity index (χ2v) is 8.61. The van der Waals surface area contributed by atoms with Crippen LogP contribution < -0.4 is 18.9 Å². The number of benzene rings is 3. The van der Waals surface area contributed by atoms with Gasteiger partial charge in [-0.25, -0.2) is 13.2 Å². The fourth-order valence-electron chi connectivity index (χ4n) is 2.82. The Balaban J connectivity index is 1.46. The van der Waals surface area contributed by atoms with Gasteiger partial charge in [-0.15, -0.1) is 0 Å². The molecule has 0 aromatic heterocycles. The first-order valence-corrected chi connectivity index (χ1v) is 11.8. The highest BCUT2D eigenvalue weighted by Gasteiger charge is 2.14. The van der Waals surface area contributed by atoms with Crippen LogP contribution in [0.25, 0.3) is 6.08 Å². The third kappa shape index (κ3) is 7.28. The van der Waals surface area contributed by atoms with Gasteiger partial charge in [0, 0.05) is 11.8 Å². The number of ether oxygens (including phenoxy) is 4. The van der Waals surface area contributed by atoms with Crippen LogP contribution in [0.15, 0.2) is 83.8 Å². The summed E-state index contributed by atoms with van der Waals surface area (Å²) < 4.78 is 48.4. The Labute approximate surface area is 198 Å². The van der Waals surface area contributed by atoms with E-state index in [2.05, 4.69) is 4.72 Å². The molecular formula is C25H25NO7S. The summed E-state index contributed by atoms with van der Waals surface area (Å²) in [7, 11) is -0.631. The summed E-state index contributed by atoms with van der Waals surface area (Å²) in [6.07, 6.45) is 2.81. The molecule has 1 N–H and O–H groups in total. The molecule has 3 aromatic carbocycles. The SMILES string of the molecule is COc1ccc(NS(=O)(=O)c2ccc(/C=C/C(=O)OCCOc3ccc(OC)cc3)cc2)cc1. The number of anilines is 1. The van der Waals surface area contributed by atoms with Crippen molar-refractivity contribution in [2.24, 2.45) is 0 Å². The molecule has 0 amide bonds. The molecule has 0 fully saturated rings. The van der Waals surface area contributed by atoms with Crippen molar-refractivity contribution < 1.29 is 32.2 Å². The molecule has 0 bridgehead atoms. The largest absolute Gasteiger partial charge is 0.497 e. The summed E-state index contributed by atoms with van der Waals surface area (Å²) in [4.78, 5) is 12.0. The van der Waals surface area contributed by atoms with E-state index in [0.29, 0.717) is 22.7 Å². The Morgan fingerprint density at radius 3 is 1.94 bits per heavy atom. The van der Waals surface area contributed by atoms with Gasteiger partial charge in [-0.1, -0.05) is 12.1 Å². The molecule has 0 aliphatic heterocycles. The Morgan fingerprint density at radius 2 is 1.35 bits per heavy atom. The van der Waals surface area contributed by atoms with Gasteiger partial charge in [0.25, 0.3) is 10.0 Å². The lowest BCUT2D eigenvalue weighted by Crippen LogP contribution is -2.12. The molecule has 0 aliphatic rings. The number of rotatable bonds is 11. The van der Waals surface area contributed by atoms with Gasteiger partial charge in [0.1, 0.15) is 30.5 Å². The van der Waals surface area contributed by atoms with Crippen LogP contribution in [0.3, 0.4) is 0 Å². The minimum absolute atomic E-state index is 0.0867. The maximum absolute atomic E-state index is 12.6. The zero-order chi connectivity index (χ0) is 24.4. The first-order valence-electron chi connectivity index (χ1n) is 10.3. The fraction of sp³-hybridized carbons (Fsp3) is 0.160. The minimum Gasteiger partial charge on any atom is -0.497 e. The molecule has 178 valence electrons. The standard InChI is InChI=1S/C25H25NO7S/c1-30-21-8-6-20(7-9-21)26-34(28,29)24-14-3-19(4-15-24)5-16-25(27)33-18-17-32-23-12-10-22(31-2)11-13-23/h3-16,26H,17-18H2,1-2H3/b16-5+. The first kappa shape index (κ1) is 24.7. The van der Waals surface area contributed by atoms with E-state index in [1.54, 1.807) is 73.8 Å². The predicted molar refractivity (Wildman–Crippen MR) is 129 cm³/mol. The van der Waals surface area contributed by atoms with Crippen molar-refractivity contribution in [2.45, 2.75) is 4.90 Å². The van der Waals surface area contributed by atoms with E-state index in [0.717, 1.165) is 5.75 Å². The molecule has 0 radical (unpaired) electrons. The molecule has 3 aromatic rings. The van der Waals surface area contributed by atoms with E-state index in [1.807, 2.05) is 0 Å². The van der Waals surface area contributed by atoms with E-state index in [4.69, 9.17) is 18.9 Å². The zero-order valence-electron chi connectivity index (χ0n) is 18.8. The van der Waals surface area contributed by atoms with Crippen LogP contribution in [0.1, 0.15) is 5.56 Å². The smallest absolute Gasteiger partial charge is 0.330 e. The number of carbonyl (C=O) groups excluding carboxylic acids is 1. The lowest BCUT2D eigenvalue weighted by Gasteiger charge is -2.09. The summed E-state index contributed by atoms with van der Waals surface area (Å²) in [5.41, 5.74) is 1.07. The lowest BCUT2D eigenvalue weighted by atomic mass is 10.2. The van der Waals surface area contributed by atoms with Gasteiger partial charge in [-0.05, 0) is 72.3 Å². The monoisotopic (exact) mass is 483 g/mol. The molecule has 34 heavy (non-hydrogen) atoms. The van der Waals surface area contributed by atoms with Crippen molar-refractivity contribution in [1.29, 1.82) is 0 Å². The van der Waals surface area contributed by atoms with Crippen LogP contribution in [-0.4, -0.2) is 41.8 Å². The Bertz CT molecular complexity index is 1200. The van der Waals surface area contributed by atoms with Crippen LogP contribution in [0, 0.1) is 0 Å². The maximum Gasteiger partial charge on any atom is 0.330 e. The van der Waals surface area contributed by atoms with Gasteiger partial charge >= 0.3 is 5.97 Å². The average Bonchev–Trinajstić information content (AvgIpc) is 2.86. The van der Waals surface area contributed by atoms with Gasteiger partial charge < -0.3 is 18.9 Å². The molecule has 3 rings (SSSR count). The third-order valence-corrected chi connectivity index (χ3v) is 6.00. The summed E-state index contributed by atoms with van der Waals surface area (Å²) in [6.45, 7) is 0.295. The highest BCUT2D eigenvalue weighted by molar-refractivity contribution is 7.92. The van der Waals surface area contributed by atoms with Gasteiger partial charge in [-0.3, -0.25) is 4.72 Å². The molecule has 0 heterocycles. The van der Waals surface area contributed by atoms with Crippen LogP contribution >= 0.6 is 0 Å². The lowest BCUT2D eigenvalue weighted by molar-refractivity contribution is -0.138. The van der Waals surface area contributed by atoms with Gasteiger partial charge in [-0.2, -0.15) is 0 Å². The Morgan fingerprint density at radius 1 is 0.794 bits per heavy atom. The van der Waals surface area contributed by atoms with Crippen molar-refractivity contribution >= 4 is 27.8 Å². The second-order valence-electron chi connectivity index (χ2n) is 6.93.